The highest BCUT2D eigenvalue weighted by atomic mass is 19.2. The van der Waals surface area contributed by atoms with Crippen LogP contribution in [0.25, 0.3) is 0 Å². The summed E-state index contributed by atoms with van der Waals surface area (Å²) in [7, 11) is 0. The molecule has 1 amide bonds. The van der Waals surface area contributed by atoms with Gasteiger partial charge >= 0.3 is 0 Å². The molecule has 0 aliphatic rings. The zero-order chi connectivity index (χ0) is 13.0. The zero-order valence-corrected chi connectivity index (χ0v) is 9.14. The third-order valence-corrected chi connectivity index (χ3v) is 2.33. The highest BCUT2D eigenvalue weighted by Crippen LogP contribution is 2.15. The molecule has 2 N–H and O–H groups in total. The Bertz CT molecular complexity index is 419. The third kappa shape index (κ3) is 2.97. The summed E-state index contributed by atoms with van der Waals surface area (Å²) in [5.74, 6) is -5.46. The van der Waals surface area contributed by atoms with Crippen molar-refractivity contribution in [3.63, 3.8) is 0 Å². The van der Waals surface area contributed by atoms with E-state index in [0.29, 0.717) is 12.5 Å². The molecule has 0 saturated carbocycles. The Balaban J connectivity index is 2.93. The summed E-state index contributed by atoms with van der Waals surface area (Å²) in [4.78, 5) is 11.5. The average Bonchev–Trinajstić information content (AvgIpc) is 2.32. The second-order valence-electron chi connectivity index (χ2n) is 3.48. The van der Waals surface area contributed by atoms with Crippen LogP contribution in [-0.2, 0) is 0 Å². The molecule has 6 heteroatoms. The summed E-state index contributed by atoms with van der Waals surface area (Å²) in [6.07, 6.45) is 0.438. The number of halogens is 3. The molecule has 0 bridgehead atoms. The molecule has 0 aliphatic carbocycles. The van der Waals surface area contributed by atoms with Crippen LogP contribution >= 0.6 is 0 Å². The van der Waals surface area contributed by atoms with Crippen LogP contribution in [0.3, 0.4) is 0 Å². The first kappa shape index (κ1) is 13.5. The van der Waals surface area contributed by atoms with Crippen molar-refractivity contribution in [2.45, 2.75) is 19.4 Å². The van der Waals surface area contributed by atoms with E-state index in [0.717, 1.165) is 6.07 Å². The van der Waals surface area contributed by atoms with Gasteiger partial charge in [0, 0.05) is 0 Å². The number of aliphatic hydroxyl groups is 1. The number of hydrogen-bond donors (Lipinski definition) is 2. The summed E-state index contributed by atoms with van der Waals surface area (Å²) in [6.45, 7) is 1.40. The summed E-state index contributed by atoms with van der Waals surface area (Å²) < 4.78 is 38.7. The topological polar surface area (TPSA) is 49.3 Å². The van der Waals surface area contributed by atoms with Gasteiger partial charge in [0.05, 0.1) is 18.2 Å². The molecule has 1 atom stereocenters. The van der Waals surface area contributed by atoms with Crippen molar-refractivity contribution < 1.29 is 23.1 Å². The van der Waals surface area contributed by atoms with Crippen molar-refractivity contribution in [3.05, 3.63) is 35.1 Å². The number of nitrogens with one attached hydrogen (secondary N) is 1. The number of aliphatic hydroxyl groups excluding tert-OH is 1. The number of rotatable bonds is 4. The van der Waals surface area contributed by atoms with Gasteiger partial charge in [0.25, 0.3) is 5.91 Å². The van der Waals surface area contributed by atoms with Gasteiger partial charge in [0.1, 0.15) is 0 Å². The maximum atomic E-state index is 13.2. The molecular weight excluding hydrogens is 235 g/mol. The minimum absolute atomic E-state index is 0.312. The van der Waals surface area contributed by atoms with Gasteiger partial charge in [-0.25, -0.2) is 13.2 Å². The van der Waals surface area contributed by atoms with Crippen LogP contribution in [0.1, 0.15) is 23.7 Å². The third-order valence-electron chi connectivity index (χ3n) is 2.33. The lowest BCUT2D eigenvalue weighted by atomic mass is 10.1. The van der Waals surface area contributed by atoms with Gasteiger partial charge in [-0.05, 0) is 18.6 Å². The molecular formula is C11H12F3NO2. The molecule has 17 heavy (non-hydrogen) atoms. The highest BCUT2D eigenvalue weighted by Gasteiger charge is 2.20. The fourth-order valence-electron chi connectivity index (χ4n) is 1.24. The van der Waals surface area contributed by atoms with Gasteiger partial charge in [0.2, 0.25) is 0 Å². The first-order valence-electron chi connectivity index (χ1n) is 5.06. The summed E-state index contributed by atoms with van der Waals surface area (Å²) in [6, 6.07) is 0.982. The predicted octanol–water partition coefficient (Wildman–Crippen LogP) is 1.60. The van der Waals surface area contributed by atoms with Crippen LogP contribution < -0.4 is 5.32 Å². The smallest absolute Gasteiger partial charge is 0.254 e. The summed E-state index contributed by atoms with van der Waals surface area (Å²) in [5, 5.41) is 11.1. The predicted molar refractivity (Wildman–Crippen MR) is 54.9 cm³/mol. The van der Waals surface area contributed by atoms with Crippen LogP contribution in [0.5, 0.6) is 0 Å². The molecule has 0 unspecified atom stereocenters. The molecule has 1 rings (SSSR count). The van der Waals surface area contributed by atoms with E-state index in [1.807, 2.05) is 0 Å². The summed E-state index contributed by atoms with van der Waals surface area (Å²) >= 11 is 0. The van der Waals surface area contributed by atoms with Crippen LogP contribution in [0.15, 0.2) is 12.1 Å². The van der Waals surface area contributed by atoms with E-state index in [1.165, 1.54) is 0 Å². The molecule has 0 heterocycles. The minimum Gasteiger partial charge on any atom is -0.394 e. The average molecular weight is 247 g/mol. The Morgan fingerprint density at radius 2 is 2.00 bits per heavy atom. The lowest BCUT2D eigenvalue weighted by Gasteiger charge is -2.14. The minimum atomic E-state index is -1.69. The fourth-order valence-corrected chi connectivity index (χ4v) is 1.24. The standard InChI is InChI=1S/C11H12F3NO2/c1-2-6(5-16)15-11(17)7-3-4-8(12)10(14)9(7)13/h3-4,6,16H,2,5H2,1H3,(H,15,17)/t6-/m1/s1. The second kappa shape index (κ2) is 5.67. The van der Waals surface area contributed by atoms with Gasteiger partial charge in [-0.1, -0.05) is 6.92 Å². The number of amides is 1. The van der Waals surface area contributed by atoms with E-state index < -0.39 is 35.0 Å². The van der Waals surface area contributed by atoms with E-state index in [2.05, 4.69) is 5.32 Å². The Morgan fingerprint density at radius 3 is 2.53 bits per heavy atom. The van der Waals surface area contributed by atoms with Crippen molar-refractivity contribution in [1.82, 2.24) is 5.32 Å². The van der Waals surface area contributed by atoms with Gasteiger partial charge in [-0.3, -0.25) is 4.79 Å². The number of hydrogen-bond acceptors (Lipinski definition) is 2. The first-order chi connectivity index (χ1) is 8.01. The van der Waals surface area contributed by atoms with Crippen LogP contribution in [0.4, 0.5) is 13.2 Å². The first-order valence-corrected chi connectivity index (χ1v) is 5.06. The maximum Gasteiger partial charge on any atom is 0.254 e. The quantitative estimate of drug-likeness (QED) is 0.794. The SMILES string of the molecule is CC[C@H](CO)NC(=O)c1ccc(F)c(F)c1F. The van der Waals surface area contributed by atoms with Crippen LogP contribution in [0.2, 0.25) is 0 Å². The fraction of sp³-hybridized carbons (Fsp3) is 0.364. The molecule has 0 spiro atoms. The molecule has 0 aromatic heterocycles. The molecule has 1 aromatic carbocycles. The van der Waals surface area contributed by atoms with Crippen molar-refractivity contribution in [1.29, 1.82) is 0 Å². The number of benzene rings is 1. The van der Waals surface area contributed by atoms with E-state index in [1.54, 1.807) is 6.92 Å². The van der Waals surface area contributed by atoms with Gasteiger partial charge in [-0.15, -0.1) is 0 Å². The maximum absolute atomic E-state index is 13.2. The Hall–Kier alpha value is -1.56. The molecule has 0 fully saturated rings. The zero-order valence-electron chi connectivity index (χ0n) is 9.14. The van der Waals surface area contributed by atoms with Crippen LogP contribution in [-0.4, -0.2) is 23.7 Å². The second-order valence-corrected chi connectivity index (χ2v) is 3.48. The van der Waals surface area contributed by atoms with Crippen molar-refractivity contribution in [2.75, 3.05) is 6.61 Å². The van der Waals surface area contributed by atoms with E-state index in [9.17, 15) is 18.0 Å². The van der Waals surface area contributed by atoms with Crippen molar-refractivity contribution in [2.24, 2.45) is 0 Å². The van der Waals surface area contributed by atoms with E-state index in [4.69, 9.17) is 5.11 Å². The molecule has 94 valence electrons. The highest BCUT2D eigenvalue weighted by molar-refractivity contribution is 5.94. The Labute approximate surface area is 96.3 Å². The van der Waals surface area contributed by atoms with Gasteiger partial charge < -0.3 is 10.4 Å². The van der Waals surface area contributed by atoms with Crippen molar-refractivity contribution >= 4 is 5.91 Å². The van der Waals surface area contributed by atoms with E-state index in [-0.39, 0.29) is 6.61 Å². The van der Waals surface area contributed by atoms with Gasteiger partial charge in [-0.2, -0.15) is 0 Å². The summed E-state index contributed by atoms with van der Waals surface area (Å²) in [5.41, 5.74) is -0.587. The Morgan fingerprint density at radius 1 is 1.35 bits per heavy atom. The number of carbonyl (C=O) groups is 1. The number of carbonyl (C=O) groups excluding carboxylic acids is 1. The van der Waals surface area contributed by atoms with Gasteiger partial charge in [0.15, 0.2) is 17.5 Å². The lowest BCUT2D eigenvalue weighted by Crippen LogP contribution is -2.37. The molecule has 0 saturated heterocycles. The lowest BCUT2D eigenvalue weighted by molar-refractivity contribution is 0.0909. The van der Waals surface area contributed by atoms with Crippen molar-refractivity contribution in [3.8, 4) is 0 Å². The monoisotopic (exact) mass is 247 g/mol. The normalized spacial score (nSPS) is 12.3. The largest absolute Gasteiger partial charge is 0.394 e. The molecule has 0 radical (unpaired) electrons. The molecule has 3 nitrogen and oxygen atoms in total. The molecule has 1 aromatic rings. The molecule has 0 aliphatic heterocycles. The Kier molecular flexibility index (Phi) is 4.51. The van der Waals surface area contributed by atoms with Crippen LogP contribution in [0, 0.1) is 17.5 Å². The van der Waals surface area contributed by atoms with E-state index >= 15 is 0 Å².